The number of hydrogen-bond acceptors (Lipinski definition) is 13. The van der Waals surface area contributed by atoms with Crippen molar-refractivity contribution in [2.75, 3.05) is 41.8 Å². The number of thiophene rings is 1. The van der Waals surface area contributed by atoms with Crippen LogP contribution in [-0.4, -0.2) is 110 Å². The third kappa shape index (κ3) is 10.5. The first-order valence-corrected chi connectivity index (χ1v) is 25.1. The molecule has 5 heterocycles. The van der Waals surface area contributed by atoms with E-state index in [2.05, 4.69) is 20.9 Å². The van der Waals surface area contributed by atoms with Gasteiger partial charge < -0.3 is 35.6 Å². The van der Waals surface area contributed by atoms with Crippen LogP contribution in [-0.2, 0) is 42.0 Å². The zero-order valence-corrected chi connectivity index (χ0v) is 40.4. The number of carbonyl (C=O) groups is 5. The fourth-order valence-electron chi connectivity index (χ4n) is 9.66. The highest BCUT2D eigenvalue weighted by Crippen LogP contribution is 2.46. The van der Waals surface area contributed by atoms with Gasteiger partial charge in [-0.05, 0) is 99.5 Å². The number of carboxylic acid groups (broad SMARTS) is 2. The van der Waals surface area contributed by atoms with Crippen LogP contribution in [0.2, 0.25) is 5.02 Å². The lowest BCUT2D eigenvalue weighted by atomic mass is 9.87. The van der Waals surface area contributed by atoms with E-state index in [1.54, 1.807) is 55.6 Å². The van der Waals surface area contributed by atoms with E-state index in [0.717, 1.165) is 17.0 Å². The number of benzene rings is 3. The minimum Gasteiger partial charge on any atom is -0.479 e. The van der Waals surface area contributed by atoms with Crippen molar-refractivity contribution in [1.82, 2.24) is 18.8 Å². The van der Waals surface area contributed by atoms with Crippen LogP contribution in [0.5, 0.6) is 5.75 Å². The van der Waals surface area contributed by atoms with Gasteiger partial charge in [-0.1, -0.05) is 35.9 Å². The zero-order valence-electron chi connectivity index (χ0n) is 38.0. The molecule has 69 heavy (non-hydrogen) atoms. The second kappa shape index (κ2) is 19.3. The highest BCUT2D eigenvalue weighted by atomic mass is 35.5. The Morgan fingerprint density at radius 2 is 1.67 bits per heavy atom. The summed E-state index contributed by atoms with van der Waals surface area (Å²) in [5.41, 5.74) is 1.70. The maximum Gasteiger partial charge on any atom is 0.349 e. The molecule has 3 saturated heterocycles. The van der Waals surface area contributed by atoms with Gasteiger partial charge >= 0.3 is 17.6 Å². The highest BCUT2D eigenvalue weighted by molar-refractivity contribution is 7.88. The third-order valence-corrected chi connectivity index (χ3v) is 16.7. The molecule has 2 atom stereocenters. The number of sulfonamides is 1. The first-order chi connectivity index (χ1) is 32.6. The first kappa shape index (κ1) is 49.2. The summed E-state index contributed by atoms with van der Waals surface area (Å²) in [4.78, 5) is 76.2. The Morgan fingerprint density at radius 1 is 0.942 bits per heavy atom. The molecule has 3 amide bonds. The number of ether oxygens (including phenoxy) is 1. The maximum atomic E-state index is 14.0. The molecule has 22 heteroatoms. The van der Waals surface area contributed by atoms with E-state index in [9.17, 15) is 47.4 Å². The van der Waals surface area contributed by atoms with Gasteiger partial charge in [-0.2, -0.15) is 4.31 Å². The van der Waals surface area contributed by atoms with Gasteiger partial charge in [-0.3, -0.25) is 28.8 Å². The number of carbonyl (C=O) groups excluding carboxylic acids is 3. The van der Waals surface area contributed by atoms with Crippen LogP contribution in [0.15, 0.2) is 71.5 Å². The molecule has 0 saturated carbocycles. The number of nitrogens with zero attached hydrogens (tertiary/aromatic N) is 4. The summed E-state index contributed by atoms with van der Waals surface area (Å²) in [6.45, 7) is 4.06. The van der Waals surface area contributed by atoms with Gasteiger partial charge in [0.05, 0.1) is 33.7 Å². The molecular weight excluding hydrogens is 954 g/mol. The van der Waals surface area contributed by atoms with Gasteiger partial charge in [0.1, 0.15) is 11.1 Å². The van der Waals surface area contributed by atoms with E-state index in [4.69, 9.17) is 21.4 Å². The molecule has 0 radical (unpaired) electrons. The number of aliphatic carboxylic acids is 1. The number of aromatic carboxylic acids is 1. The van der Waals surface area contributed by atoms with Crippen LogP contribution in [0.1, 0.15) is 80.1 Å². The summed E-state index contributed by atoms with van der Waals surface area (Å²) in [5.74, 6) is -4.40. The van der Waals surface area contributed by atoms with E-state index in [0.29, 0.717) is 64.3 Å². The number of aryl methyl sites for hydroxylation is 1. The molecule has 3 aromatic carbocycles. The number of aromatic nitrogens is 2. The van der Waals surface area contributed by atoms with Crippen molar-refractivity contribution < 1.29 is 52.4 Å². The molecule has 19 nitrogen and oxygen atoms in total. The van der Waals surface area contributed by atoms with Gasteiger partial charge in [0.2, 0.25) is 27.7 Å². The van der Waals surface area contributed by atoms with E-state index < -0.39 is 57.6 Å². The number of aliphatic hydroxyl groups is 1. The molecule has 3 fully saturated rings. The maximum absolute atomic E-state index is 14.0. The molecule has 6 N–H and O–H groups in total. The topological polar surface area (TPSA) is 259 Å². The average Bonchev–Trinajstić information content (AvgIpc) is 3.73. The molecular formula is C47H52ClN7O12S2. The number of amides is 3. The summed E-state index contributed by atoms with van der Waals surface area (Å²) in [6, 6.07) is 18.3. The number of imide groups is 1. The molecule has 1 unspecified atom stereocenters. The summed E-state index contributed by atoms with van der Waals surface area (Å²) in [6.07, 6.45) is 1.71. The van der Waals surface area contributed by atoms with Crippen molar-refractivity contribution in [3.8, 4) is 16.2 Å². The largest absolute Gasteiger partial charge is 0.479 e. The SMILES string of the molecule is Cn1c(=O)n(C2CCC(=O)NC2=O)c2ccc(N3CCC(O)(CC(=O)Nc4cccc(CS(=O)(=O)N5CC[C@@H](Nc6cccc(-c7sc(C(=O)O)c(OCC(=O)O)c7Cl)c6)CC5(C)C)c4)CC3)cc21. The number of imidazole rings is 1. The standard InChI is InChI=1S/C47H52ClN7O12S2/c1-46(2)23-31(49-30-9-5-7-28(21-30)41-39(48)40(67-25-38(58)59)42(68-41)44(61)62)14-17-54(46)69(65,66)26-27-6-4-8-29(20-27)50-37(57)24-47(64)15-18-53(19-16-47)32-10-11-33-35(22-32)52(3)45(63)55(33)34-12-13-36(56)51-43(34)60/h4-11,20-22,31,34,49,64H,12-19,23-26H2,1-3H3,(H,50,57)(H,58,59)(H,61,62)(H,51,56,60)/t31-,34?/m1/s1. The molecule has 0 bridgehead atoms. The van der Waals surface area contributed by atoms with Crippen LogP contribution in [0.3, 0.4) is 0 Å². The molecule has 8 rings (SSSR count). The third-order valence-electron chi connectivity index (χ3n) is 13.0. The summed E-state index contributed by atoms with van der Waals surface area (Å²) < 4.78 is 37.7. The fraction of sp³-hybridized carbons (Fsp3) is 0.404. The number of anilines is 3. The molecule has 0 aliphatic carbocycles. The smallest absolute Gasteiger partial charge is 0.349 e. The van der Waals surface area contributed by atoms with E-state index in [1.807, 2.05) is 32.0 Å². The Hall–Kier alpha value is -6.26. The van der Waals surface area contributed by atoms with Crippen molar-refractivity contribution in [3.63, 3.8) is 0 Å². The van der Waals surface area contributed by atoms with E-state index in [1.165, 1.54) is 13.4 Å². The van der Waals surface area contributed by atoms with E-state index >= 15 is 0 Å². The monoisotopic (exact) mass is 1010 g/mol. The average molecular weight is 1010 g/mol. The molecule has 3 aliphatic rings. The number of nitrogens with one attached hydrogen (secondary N) is 3. The Balaban J connectivity index is 0.850. The number of halogens is 1. The van der Waals surface area contributed by atoms with Crippen molar-refractivity contribution in [3.05, 3.63) is 92.7 Å². The number of rotatable bonds is 15. The van der Waals surface area contributed by atoms with E-state index in [-0.39, 0.29) is 77.7 Å². The van der Waals surface area contributed by atoms with Crippen molar-refractivity contribution in [2.45, 2.75) is 87.8 Å². The quantitative estimate of drug-likeness (QED) is 0.0718. The minimum absolute atomic E-state index is 0.0117. The van der Waals surface area contributed by atoms with Crippen LogP contribution in [0, 0.1) is 0 Å². The predicted octanol–water partition coefficient (Wildman–Crippen LogP) is 5.41. The van der Waals surface area contributed by atoms with Crippen molar-refractivity contribution in [1.29, 1.82) is 0 Å². The summed E-state index contributed by atoms with van der Waals surface area (Å²) in [7, 11) is -2.22. The second-order valence-corrected chi connectivity index (χ2v) is 21.7. The van der Waals surface area contributed by atoms with Gasteiger partial charge in [0.15, 0.2) is 17.2 Å². The van der Waals surface area contributed by atoms with Crippen LogP contribution < -0.4 is 31.3 Å². The van der Waals surface area contributed by atoms with Crippen molar-refractivity contribution in [2.24, 2.45) is 7.05 Å². The molecule has 366 valence electrons. The number of hydrogen-bond donors (Lipinski definition) is 6. The fourth-order valence-corrected chi connectivity index (χ4v) is 13.0. The Kier molecular flexibility index (Phi) is 13.7. The lowest BCUT2D eigenvalue weighted by Gasteiger charge is -2.45. The minimum atomic E-state index is -3.84. The van der Waals surface area contributed by atoms with Crippen LogP contribution in [0.4, 0.5) is 17.1 Å². The molecule has 0 spiro atoms. The van der Waals surface area contributed by atoms with Gasteiger partial charge in [-0.25, -0.2) is 22.8 Å². The number of piperidine rings is 3. The Labute approximate surface area is 405 Å². The van der Waals surface area contributed by atoms with Crippen LogP contribution in [0.25, 0.3) is 21.5 Å². The summed E-state index contributed by atoms with van der Waals surface area (Å²) in [5, 5.41) is 38.9. The lowest BCUT2D eigenvalue weighted by Crippen LogP contribution is -2.55. The lowest BCUT2D eigenvalue weighted by molar-refractivity contribution is -0.139. The molecule has 3 aliphatic heterocycles. The van der Waals surface area contributed by atoms with Gasteiger partial charge in [-0.15, -0.1) is 11.3 Å². The van der Waals surface area contributed by atoms with Crippen LogP contribution >= 0.6 is 22.9 Å². The molecule has 2 aromatic heterocycles. The van der Waals surface area contributed by atoms with Gasteiger partial charge in [0.25, 0.3) is 0 Å². The second-order valence-electron chi connectivity index (χ2n) is 18.4. The normalized spacial score (nSPS) is 19.5. The zero-order chi connectivity index (χ0) is 49.6. The first-order valence-electron chi connectivity index (χ1n) is 22.3. The predicted molar refractivity (Wildman–Crippen MR) is 260 cm³/mol. The Morgan fingerprint density at radius 3 is 2.36 bits per heavy atom. The number of carboxylic acids is 2. The summed E-state index contributed by atoms with van der Waals surface area (Å²) >= 11 is 7.39. The molecule has 5 aromatic rings. The van der Waals surface area contributed by atoms with Gasteiger partial charge in [0, 0.05) is 61.7 Å². The highest BCUT2D eigenvalue weighted by Gasteiger charge is 2.42. The van der Waals surface area contributed by atoms with Crippen molar-refractivity contribution >= 4 is 90.7 Å². The Bertz CT molecular complexity index is 3050. The number of fused-ring (bicyclic) bond motifs is 1.